The van der Waals surface area contributed by atoms with Gasteiger partial charge in [-0.2, -0.15) is 0 Å². The number of carbonyl (C=O) groups excluding carboxylic acids is 2. The molecule has 1 aliphatic rings. The Labute approximate surface area is 126 Å². The van der Waals surface area contributed by atoms with Gasteiger partial charge in [0.15, 0.2) is 0 Å². The minimum atomic E-state index is -0.212. The average Bonchev–Trinajstić information content (AvgIpc) is 2.50. The fourth-order valence-corrected chi connectivity index (χ4v) is 2.90. The van der Waals surface area contributed by atoms with Gasteiger partial charge in [0.1, 0.15) is 0 Å². The van der Waals surface area contributed by atoms with Gasteiger partial charge in [-0.25, -0.2) is 0 Å². The first-order valence-electron chi connectivity index (χ1n) is 7.70. The number of nitrogens with one attached hydrogen (secondary N) is 2. The van der Waals surface area contributed by atoms with Gasteiger partial charge in [0.25, 0.3) is 5.91 Å². The maximum absolute atomic E-state index is 12.0. The molecule has 0 aliphatic heterocycles. The van der Waals surface area contributed by atoms with Crippen LogP contribution in [0.1, 0.15) is 43.5 Å². The third kappa shape index (κ3) is 4.31. The Morgan fingerprint density at radius 3 is 2.57 bits per heavy atom. The molecule has 0 heterocycles. The van der Waals surface area contributed by atoms with E-state index in [2.05, 4.69) is 24.5 Å². The van der Waals surface area contributed by atoms with Gasteiger partial charge in [0.2, 0.25) is 5.91 Å². The second-order valence-corrected chi connectivity index (χ2v) is 5.99. The van der Waals surface area contributed by atoms with Crippen LogP contribution in [0.2, 0.25) is 0 Å². The van der Waals surface area contributed by atoms with Crippen LogP contribution in [0, 0.1) is 11.8 Å². The molecule has 1 aliphatic carbocycles. The third-order valence-electron chi connectivity index (χ3n) is 4.50. The van der Waals surface area contributed by atoms with Crippen LogP contribution in [0.15, 0.2) is 30.3 Å². The molecule has 1 aromatic carbocycles. The molecule has 0 bridgehead atoms. The Hall–Kier alpha value is -1.84. The largest absolute Gasteiger partial charge is 0.352 e. The molecule has 4 nitrogen and oxygen atoms in total. The van der Waals surface area contributed by atoms with Crippen molar-refractivity contribution in [3.63, 3.8) is 0 Å². The van der Waals surface area contributed by atoms with Crippen molar-refractivity contribution in [1.82, 2.24) is 10.6 Å². The molecule has 2 N–H and O–H groups in total. The fraction of sp³-hybridized carbons (Fsp3) is 0.529. The van der Waals surface area contributed by atoms with Crippen LogP contribution < -0.4 is 10.6 Å². The molecule has 1 fully saturated rings. The van der Waals surface area contributed by atoms with E-state index >= 15 is 0 Å². The summed E-state index contributed by atoms with van der Waals surface area (Å²) in [5.74, 6) is 0.816. The van der Waals surface area contributed by atoms with Crippen LogP contribution in [0.25, 0.3) is 0 Å². The first kappa shape index (κ1) is 15.5. The Bertz CT molecular complexity index is 487. The molecule has 3 atom stereocenters. The molecule has 1 aromatic rings. The second kappa shape index (κ2) is 7.25. The van der Waals surface area contributed by atoms with Crippen molar-refractivity contribution in [2.45, 2.75) is 39.2 Å². The fourth-order valence-electron chi connectivity index (χ4n) is 2.90. The van der Waals surface area contributed by atoms with Crippen LogP contribution in [0.5, 0.6) is 0 Å². The van der Waals surface area contributed by atoms with Gasteiger partial charge in [0, 0.05) is 11.6 Å². The maximum atomic E-state index is 12.0. The highest BCUT2D eigenvalue weighted by Crippen LogP contribution is 2.29. The summed E-state index contributed by atoms with van der Waals surface area (Å²) >= 11 is 0. The summed E-state index contributed by atoms with van der Waals surface area (Å²) in [6, 6.07) is 9.17. The Morgan fingerprint density at radius 2 is 1.86 bits per heavy atom. The smallest absolute Gasteiger partial charge is 0.251 e. The van der Waals surface area contributed by atoms with Crippen molar-refractivity contribution >= 4 is 11.8 Å². The lowest BCUT2D eigenvalue weighted by Crippen LogP contribution is -2.47. The lowest BCUT2D eigenvalue weighted by atomic mass is 9.78. The van der Waals surface area contributed by atoms with E-state index in [0.717, 1.165) is 12.8 Å². The predicted octanol–water partition coefficient (Wildman–Crippen LogP) is 2.36. The highest BCUT2D eigenvalue weighted by molar-refractivity contribution is 5.96. The van der Waals surface area contributed by atoms with Gasteiger partial charge in [0.05, 0.1) is 6.54 Å². The van der Waals surface area contributed by atoms with Gasteiger partial charge in [-0.3, -0.25) is 9.59 Å². The summed E-state index contributed by atoms with van der Waals surface area (Å²) in [5.41, 5.74) is 0.574. The first-order valence-corrected chi connectivity index (χ1v) is 7.70. The summed E-state index contributed by atoms with van der Waals surface area (Å²) in [6.45, 7) is 4.46. The molecule has 1 saturated carbocycles. The summed E-state index contributed by atoms with van der Waals surface area (Å²) < 4.78 is 0. The van der Waals surface area contributed by atoms with Crippen molar-refractivity contribution in [3.05, 3.63) is 35.9 Å². The van der Waals surface area contributed by atoms with Crippen molar-refractivity contribution in [2.75, 3.05) is 6.54 Å². The van der Waals surface area contributed by atoms with Crippen LogP contribution in [0.3, 0.4) is 0 Å². The van der Waals surface area contributed by atoms with E-state index in [0.29, 0.717) is 17.4 Å². The van der Waals surface area contributed by atoms with E-state index in [4.69, 9.17) is 0 Å². The van der Waals surface area contributed by atoms with E-state index < -0.39 is 0 Å². The zero-order valence-corrected chi connectivity index (χ0v) is 12.8. The molecule has 0 saturated heterocycles. The van der Waals surface area contributed by atoms with Gasteiger partial charge >= 0.3 is 0 Å². The van der Waals surface area contributed by atoms with Crippen molar-refractivity contribution in [2.24, 2.45) is 11.8 Å². The maximum Gasteiger partial charge on any atom is 0.251 e. The Kier molecular flexibility index (Phi) is 5.37. The van der Waals surface area contributed by atoms with E-state index in [1.165, 1.54) is 6.42 Å². The van der Waals surface area contributed by atoms with E-state index in [9.17, 15) is 9.59 Å². The van der Waals surface area contributed by atoms with E-state index in [1.807, 2.05) is 6.07 Å². The Morgan fingerprint density at radius 1 is 1.14 bits per heavy atom. The first-order chi connectivity index (χ1) is 10.1. The zero-order valence-electron chi connectivity index (χ0n) is 12.8. The molecule has 2 rings (SSSR count). The monoisotopic (exact) mass is 288 g/mol. The molecule has 0 unspecified atom stereocenters. The van der Waals surface area contributed by atoms with Crippen LogP contribution in [0.4, 0.5) is 0 Å². The molecule has 0 spiro atoms. The van der Waals surface area contributed by atoms with Crippen LogP contribution in [-0.2, 0) is 4.79 Å². The normalized spacial score (nSPS) is 25.1. The van der Waals surface area contributed by atoms with Gasteiger partial charge in [-0.15, -0.1) is 0 Å². The quantitative estimate of drug-likeness (QED) is 0.893. The van der Waals surface area contributed by atoms with E-state index in [-0.39, 0.29) is 24.4 Å². The Balaban J connectivity index is 1.78. The minimum Gasteiger partial charge on any atom is -0.352 e. The van der Waals surface area contributed by atoms with Gasteiger partial charge in [-0.1, -0.05) is 44.9 Å². The SMILES string of the molecule is C[C@@H]1[C@H](C)CCC[C@H]1NC(=O)CNC(=O)c1ccccc1. The molecule has 2 amide bonds. The van der Waals surface area contributed by atoms with Crippen molar-refractivity contribution < 1.29 is 9.59 Å². The number of hydrogen-bond acceptors (Lipinski definition) is 2. The lowest BCUT2D eigenvalue weighted by molar-refractivity contribution is -0.121. The molecule has 0 aromatic heterocycles. The van der Waals surface area contributed by atoms with Crippen LogP contribution >= 0.6 is 0 Å². The third-order valence-corrected chi connectivity index (χ3v) is 4.50. The predicted molar refractivity (Wildman–Crippen MR) is 82.9 cm³/mol. The molecular formula is C17H24N2O2. The van der Waals surface area contributed by atoms with E-state index in [1.54, 1.807) is 24.3 Å². The number of hydrogen-bond donors (Lipinski definition) is 2. The second-order valence-electron chi connectivity index (χ2n) is 5.99. The summed E-state index contributed by atoms with van der Waals surface area (Å²) in [5, 5.41) is 5.72. The van der Waals surface area contributed by atoms with Gasteiger partial charge in [-0.05, 0) is 30.4 Å². The molecule has 21 heavy (non-hydrogen) atoms. The van der Waals surface area contributed by atoms with Gasteiger partial charge < -0.3 is 10.6 Å². The number of carbonyl (C=O) groups is 2. The standard InChI is InChI=1S/C17H24N2O2/c1-12-7-6-10-15(13(12)2)19-16(20)11-18-17(21)14-8-4-3-5-9-14/h3-5,8-9,12-13,15H,6-7,10-11H2,1-2H3,(H,18,21)(H,19,20)/t12-,13-,15-/m1/s1. The molecular weight excluding hydrogens is 264 g/mol. The summed E-state index contributed by atoms with van der Waals surface area (Å²) in [6.07, 6.45) is 3.43. The lowest BCUT2D eigenvalue weighted by Gasteiger charge is -2.34. The van der Waals surface area contributed by atoms with Crippen molar-refractivity contribution in [3.8, 4) is 0 Å². The topological polar surface area (TPSA) is 58.2 Å². The molecule has 0 radical (unpaired) electrons. The number of amides is 2. The van der Waals surface area contributed by atoms with Crippen molar-refractivity contribution in [1.29, 1.82) is 0 Å². The zero-order chi connectivity index (χ0) is 15.2. The number of benzene rings is 1. The average molecular weight is 288 g/mol. The summed E-state index contributed by atoms with van der Waals surface area (Å²) in [7, 11) is 0. The molecule has 4 heteroatoms. The molecule has 114 valence electrons. The highest BCUT2D eigenvalue weighted by atomic mass is 16.2. The highest BCUT2D eigenvalue weighted by Gasteiger charge is 2.28. The number of rotatable bonds is 4. The minimum absolute atomic E-state index is 0.0331. The van der Waals surface area contributed by atoms with Crippen LogP contribution in [-0.4, -0.2) is 24.4 Å². The summed E-state index contributed by atoms with van der Waals surface area (Å²) in [4.78, 5) is 23.8.